The van der Waals surface area contributed by atoms with Gasteiger partial charge in [0.1, 0.15) is 12.0 Å². The molecule has 178 valence electrons. The predicted molar refractivity (Wildman–Crippen MR) is 133 cm³/mol. The van der Waals surface area contributed by atoms with Crippen molar-refractivity contribution >= 4 is 33.9 Å². The first kappa shape index (κ1) is 20.6. The van der Waals surface area contributed by atoms with Crippen LogP contribution in [0, 0.1) is 23.1 Å². The molecular weight excluding hydrogens is 443 g/mol. The molecule has 3 aromatic rings. The number of hydrogen-bond acceptors (Lipinski definition) is 5. The number of anilines is 3. The van der Waals surface area contributed by atoms with Crippen molar-refractivity contribution in [3.63, 3.8) is 0 Å². The van der Waals surface area contributed by atoms with Gasteiger partial charge in [0.05, 0.1) is 45.9 Å². The molecule has 2 fully saturated rings. The third kappa shape index (κ3) is 3.04. The maximum atomic E-state index is 15.4. The lowest BCUT2D eigenvalue weighted by atomic mass is 10.1. The van der Waals surface area contributed by atoms with Crippen LogP contribution in [0.5, 0.6) is 0 Å². The molecule has 1 aromatic heterocycles. The fraction of sp³-hybridized carbons (Fsp3) is 0.407. The number of benzene rings is 2. The molecule has 7 nitrogen and oxygen atoms in total. The molecule has 1 aliphatic carbocycles. The second-order valence-electron chi connectivity index (χ2n) is 10.3. The summed E-state index contributed by atoms with van der Waals surface area (Å²) in [6.07, 6.45) is 4.14. The molecule has 4 aliphatic rings. The minimum atomic E-state index is -0.384. The van der Waals surface area contributed by atoms with Crippen molar-refractivity contribution < 1.29 is 9.18 Å². The molecule has 0 spiro atoms. The van der Waals surface area contributed by atoms with Crippen LogP contribution in [0.15, 0.2) is 30.3 Å². The van der Waals surface area contributed by atoms with Crippen LogP contribution in [0.1, 0.15) is 59.5 Å². The van der Waals surface area contributed by atoms with Crippen molar-refractivity contribution in [2.75, 3.05) is 42.2 Å². The molecule has 1 amide bonds. The molecule has 2 unspecified atom stereocenters. The van der Waals surface area contributed by atoms with E-state index >= 15 is 4.39 Å². The second kappa shape index (κ2) is 7.38. The highest BCUT2D eigenvalue weighted by atomic mass is 19.1. The zero-order valence-corrected chi connectivity index (χ0v) is 19.6. The summed E-state index contributed by atoms with van der Waals surface area (Å²) in [4.78, 5) is 16.7. The van der Waals surface area contributed by atoms with Gasteiger partial charge in [0, 0.05) is 37.6 Å². The third-order valence-electron chi connectivity index (χ3n) is 8.11. The van der Waals surface area contributed by atoms with Gasteiger partial charge in [-0.05, 0) is 61.9 Å². The van der Waals surface area contributed by atoms with Crippen LogP contribution >= 0.6 is 0 Å². The molecule has 35 heavy (non-hydrogen) atoms. The van der Waals surface area contributed by atoms with Gasteiger partial charge in [-0.1, -0.05) is 0 Å². The van der Waals surface area contributed by atoms with Crippen LogP contribution < -0.4 is 15.5 Å². The summed E-state index contributed by atoms with van der Waals surface area (Å²) in [5.41, 5.74) is 5.30. The van der Waals surface area contributed by atoms with E-state index in [2.05, 4.69) is 27.3 Å². The minimum Gasteiger partial charge on any atom is -0.381 e. The average Bonchev–Trinajstić information content (AvgIpc) is 3.26. The Labute approximate surface area is 203 Å². The number of amides is 1. The highest BCUT2D eigenvalue weighted by Crippen LogP contribution is 2.49. The van der Waals surface area contributed by atoms with Crippen LogP contribution in [0.3, 0.4) is 0 Å². The predicted octanol–water partition coefficient (Wildman–Crippen LogP) is 4.83. The standard InChI is InChI=1S/C27H27FN6O/c1-32-25-19(28)10-18(27(35)33-6-2-3-7-33)11-21(25)31-26(32)22-12-17-8-15(13-29)9-20-24(17)34(22)23(14-30-20)16-4-5-16/h8-12,16,23,26,30-31H,2-7,14H2,1H3. The molecule has 0 radical (unpaired) electrons. The Balaban J connectivity index is 1.32. The lowest BCUT2D eigenvalue weighted by Crippen LogP contribution is -2.32. The minimum absolute atomic E-state index is 0.103. The summed E-state index contributed by atoms with van der Waals surface area (Å²) in [5, 5.41) is 17.6. The Morgan fingerprint density at radius 2 is 1.91 bits per heavy atom. The number of carbonyl (C=O) groups excluding carboxylic acids is 1. The molecule has 8 heteroatoms. The molecule has 1 saturated heterocycles. The zero-order valence-electron chi connectivity index (χ0n) is 19.6. The zero-order chi connectivity index (χ0) is 23.8. The molecule has 2 aromatic carbocycles. The molecule has 3 aliphatic heterocycles. The Hall–Kier alpha value is -3.73. The summed E-state index contributed by atoms with van der Waals surface area (Å²) in [6, 6.07) is 11.8. The van der Waals surface area contributed by atoms with E-state index in [4.69, 9.17) is 0 Å². The van der Waals surface area contributed by atoms with Crippen molar-refractivity contribution in [3.8, 4) is 6.07 Å². The number of likely N-dealkylation sites (tertiary alicyclic amines) is 1. The maximum Gasteiger partial charge on any atom is 0.254 e. The molecule has 1 saturated carbocycles. The van der Waals surface area contributed by atoms with E-state index in [1.165, 1.54) is 18.9 Å². The van der Waals surface area contributed by atoms with E-state index in [9.17, 15) is 10.1 Å². The van der Waals surface area contributed by atoms with E-state index in [1.54, 1.807) is 6.07 Å². The summed E-state index contributed by atoms with van der Waals surface area (Å²) in [6.45, 7) is 2.28. The number of nitrogens with zero attached hydrogens (tertiary/aromatic N) is 4. The lowest BCUT2D eigenvalue weighted by molar-refractivity contribution is 0.0792. The smallest absolute Gasteiger partial charge is 0.254 e. The van der Waals surface area contributed by atoms with Gasteiger partial charge in [-0.2, -0.15) is 5.26 Å². The van der Waals surface area contributed by atoms with Gasteiger partial charge >= 0.3 is 0 Å². The number of nitrogens with one attached hydrogen (secondary N) is 2. The molecule has 7 rings (SSSR count). The van der Waals surface area contributed by atoms with Crippen molar-refractivity contribution in [1.29, 1.82) is 5.26 Å². The number of rotatable bonds is 3. The number of hydrogen-bond donors (Lipinski definition) is 2. The van der Waals surface area contributed by atoms with Gasteiger partial charge in [0.15, 0.2) is 0 Å². The average molecular weight is 471 g/mol. The topological polar surface area (TPSA) is 76.3 Å². The number of aromatic nitrogens is 1. The fourth-order valence-corrected chi connectivity index (χ4v) is 6.26. The normalized spacial score (nSPS) is 22.7. The van der Waals surface area contributed by atoms with Crippen LogP contribution in [0.2, 0.25) is 0 Å². The largest absolute Gasteiger partial charge is 0.381 e. The fourth-order valence-electron chi connectivity index (χ4n) is 6.26. The molecule has 2 N–H and O–H groups in total. The molecule has 2 atom stereocenters. The van der Waals surface area contributed by atoms with Gasteiger partial charge in [0.25, 0.3) is 5.91 Å². The summed E-state index contributed by atoms with van der Waals surface area (Å²) in [5.74, 6) is 0.135. The van der Waals surface area contributed by atoms with Crippen LogP contribution in [-0.2, 0) is 0 Å². The number of carbonyl (C=O) groups is 1. The molecule has 0 bridgehead atoms. The van der Waals surface area contributed by atoms with E-state index in [-0.39, 0.29) is 17.9 Å². The van der Waals surface area contributed by atoms with E-state index in [0.717, 1.165) is 54.8 Å². The van der Waals surface area contributed by atoms with Crippen molar-refractivity contribution in [2.24, 2.45) is 5.92 Å². The summed E-state index contributed by atoms with van der Waals surface area (Å²) in [7, 11) is 1.90. The lowest BCUT2D eigenvalue weighted by Gasteiger charge is -2.32. The highest BCUT2D eigenvalue weighted by Gasteiger charge is 2.40. The van der Waals surface area contributed by atoms with Crippen molar-refractivity contribution in [3.05, 3.63) is 53.0 Å². The van der Waals surface area contributed by atoms with Gasteiger partial charge in [-0.25, -0.2) is 4.39 Å². The monoisotopic (exact) mass is 470 g/mol. The highest BCUT2D eigenvalue weighted by molar-refractivity contribution is 5.98. The van der Waals surface area contributed by atoms with Crippen LogP contribution in [0.25, 0.3) is 10.9 Å². The van der Waals surface area contributed by atoms with Crippen molar-refractivity contribution in [2.45, 2.75) is 37.9 Å². The van der Waals surface area contributed by atoms with E-state index in [0.29, 0.717) is 34.5 Å². The second-order valence-corrected chi connectivity index (χ2v) is 10.3. The van der Waals surface area contributed by atoms with Crippen LogP contribution in [-0.4, -0.2) is 42.1 Å². The first-order chi connectivity index (χ1) is 17.0. The van der Waals surface area contributed by atoms with Crippen LogP contribution in [0.4, 0.5) is 21.5 Å². The quantitative estimate of drug-likeness (QED) is 0.574. The number of nitriles is 1. The van der Waals surface area contributed by atoms with E-state index < -0.39 is 0 Å². The SMILES string of the molecule is CN1c2c(F)cc(C(=O)N3CCCC3)cc2NC1c1cc2cc(C#N)cc3c2n1C(C1CC1)CN3. The van der Waals surface area contributed by atoms with Gasteiger partial charge in [-0.15, -0.1) is 0 Å². The Bertz CT molecular complexity index is 1430. The summed E-state index contributed by atoms with van der Waals surface area (Å²) < 4.78 is 17.8. The Kier molecular flexibility index (Phi) is 4.35. The Morgan fingerprint density at radius 1 is 1.11 bits per heavy atom. The first-order valence-electron chi connectivity index (χ1n) is 12.5. The maximum absolute atomic E-state index is 15.4. The number of halogens is 1. The Morgan fingerprint density at radius 3 is 2.66 bits per heavy atom. The van der Waals surface area contributed by atoms with Gasteiger partial charge in [-0.3, -0.25) is 4.79 Å². The van der Waals surface area contributed by atoms with Gasteiger partial charge < -0.3 is 25.0 Å². The van der Waals surface area contributed by atoms with Crippen molar-refractivity contribution in [1.82, 2.24) is 9.47 Å². The summed E-state index contributed by atoms with van der Waals surface area (Å²) >= 11 is 0. The van der Waals surface area contributed by atoms with Gasteiger partial charge in [0.2, 0.25) is 0 Å². The third-order valence-corrected chi connectivity index (χ3v) is 8.11. The van der Waals surface area contributed by atoms with E-state index in [1.807, 2.05) is 29.0 Å². The molecule has 4 heterocycles. The molecular formula is C27H27FN6O. The number of fused-ring (bicyclic) bond motifs is 1. The first-order valence-corrected chi connectivity index (χ1v) is 12.5.